The van der Waals surface area contributed by atoms with Crippen LogP contribution in [0.25, 0.3) is 0 Å². The largest absolute Gasteiger partial charge is 0.338 e. The van der Waals surface area contributed by atoms with Crippen LogP contribution in [-0.4, -0.2) is 34.6 Å². The maximum atomic E-state index is 12.3. The highest BCUT2D eigenvalue weighted by molar-refractivity contribution is 6.02. The summed E-state index contributed by atoms with van der Waals surface area (Å²) < 4.78 is 0. The molecule has 2 amide bonds. The molecule has 0 spiro atoms. The van der Waals surface area contributed by atoms with Crippen LogP contribution >= 0.6 is 0 Å². The lowest BCUT2D eigenvalue weighted by atomic mass is 9.83. The predicted molar refractivity (Wildman–Crippen MR) is 98.1 cm³/mol. The quantitative estimate of drug-likeness (QED) is 0.884. The lowest BCUT2D eigenvalue weighted by molar-refractivity contribution is -0.133. The number of carbonyl (C=O) groups excluding carboxylic acids is 2. The van der Waals surface area contributed by atoms with E-state index in [1.807, 2.05) is 30.3 Å². The predicted octanol–water partition coefficient (Wildman–Crippen LogP) is 2.75. The van der Waals surface area contributed by atoms with E-state index in [1.165, 1.54) is 5.01 Å². The van der Waals surface area contributed by atoms with Crippen LogP contribution in [0, 0.1) is 11.3 Å². The van der Waals surface area contributed by atoms with Crippen LogP contribution < -0.4 is 5.32 Å². The summed E-state index contributed by atoms with van der Waals surface area (Å²) in [6, 6.07) is 12.1. The molecule has 0 bridgehead atoms. The van der Waals surface area contributed by atoms with E-state index in [2.05, 4.69) is 16.5 Å². The number of benzene rings is 1. The van der Waals surface area contributed by atoms with Gasteiger partial charge in [0.1, 0.15) is 5.54 Å². The van der Waals surface area contributed by atoms with Crippen LogP contribution in [0.4, 0.5) is 0 Å². The van der Waals surface area contributed by atoms with Crippen molar-refractivity contribution in [3.8, 4) is 6.07 Å². The van der Waals surface area contributed by atoms with Crippen molar-refractivity contribution in [3.05, 3.63) is 35.9 Å². The van der Waals surface area contributed by atoms with Crippen molar-refractivity contribution in [3.63, 3.8) is 0 Å². The molecule has 1 aliphatic carbocycles. The Bertz CT molecular complexity index is 730. The molecule has 6 heteroatoms. The van der Waals surface area contributed by atoms with Crippen molar-refractivity contribution in [2.24, 2.45) is 5.10 Å². The van der Waals surface area contributed by atoms with Crippen molar-refractivity contribution < 1.29 is 9.59 Å². The Hall–Kier alpha value is -2.68. The molecule has 0 unspecified atom stereocenters. The first-order chi connectivity index (χ1) is 12.6. The Morgan fingerprint density at radius 1 is 1.15 bits per heavy atom. The fourth-order valence-electron chi connectivity index (χ4n) is 3.57. The molecule has 0 saturated heterocycles. The van der Waals surface area contributed by atoms with Gasteiger partial charge in [0, 0.05) is 19.3 Å². The number of nitrogens with zero attached hydrogens (tertiary/aromatic N) is 3. The Morgan fingerprint density at radius 3 is 2.58 bits per heavy atom. The standard InChI is InChI=1S/C20H24N4O2/c21-15-20(12-5-2-6-13-20)22-18(25)9-10-19(26)24-14-11-17(23-24)16-7-3-1-4-8-16/h1,3-4,7-8H,2,5-6,9-14H2,(H,22,25). The smallest absolute Gasteiger partial charge is 0.243 e. The van der Waals surface area contributed by atoms with E-state index in [0.717, 1.165) is 37.0 Å². The van der Waals surface area contributed by atoms with Crippen LogP contribution in [0.15, 0.2) is 35.4 Å². The van der Waals surface area contributed by atoms with Gasteiger partial charge in [-0.2, -0.15) is 10.4 Å². The van der Waals surface area contributed by atoms with Gasteiger partial charge in [-0.3, -0.25) is 9.59 Å². The number of nitriles is 1. The lowest BCUT2D eigenvalue weighted by Gasteiger charge is -2.31. The number of rotatable bonds is 5. The number of amides is 2. The number of carbonyl (C=O) groups is 2. The van der Waals surface area contributed by atoms with Crippen LogP contribution in [0.2, 0.25) is 0 Å². The Kier molecular flexibility index (Phi) is 5.67. The SMILES string of the molecule is N#CC1(NC(=O)CCC(=O)N2CCC(c3ccccc3)=N2)CCCCC1. The number of hydrogen-bond donors (Lipinski definition) is 1. The van der Waals surface area contributed by atoms with E-state index in [4.69, 9.17) is 0 Å². The van der Waals surface area contributed by atoms with E-state index < -0.39 is 5.54 Å². The molecule has 1 aliphatic heterocycles. The minimum absolute atomic E-state index is 0.0922. The Morgan fingerprint density at radius 2 is 1.88 bits per heavy atom. The molecule has 1 saturated carbocycles. The maximum absolute atomic E-state index is 12.3. The second-order valence-corrected chi connectivity index (χ2v) is 6.98. The highest BCUT2D eigenvalue weighted by Gasteiger charge is 2.33. The molecular weight excluding hydrogens is 328 g/mol. The van der Waals surface area contributed by atoms with Gasteiger partial charge in [0.15, 0.2) is 0 Å². The molecule has 26 heavy (non-hydrogen) atoms. The van der Waals surface area contributed by atoms with E-state index in [9.17, 15) is 14.9 Å². The number of hydrogen-bond acceptors (Lipinski definition) is 4. The summed E-state index contributed by atoms with van der Waals surface area (Å²) in [6.45, 7) is 0.548. The van der Waals surface area contributed by atoms with Crippen LogP contribution in [-0.2, 0) is 9.59 Å². The molecule has 0 aromatic heterocycles. The summed E-state index contributed by atoms with van der Waals surface area (Å²) in [5, 5.41) is 18.1. The Balaban J connectivity index is 1.50. The topological polar surface area (TPSA) is 85.6 Å². The highest BCUT2D eigenvalue weighted by atomic mass is 16.2. The minimum Gasteiger partial charge on any atom is -0.338 e. The average molecular weight is 352 g/mol. The number of nitrogens with one attached hydrogen (secondary N) is 1. The molecule has 2 aliphatic rings. The second kappa shape index (κ2) is 8.13. The maximum Gasteiger partial charge on any atom is 0.243 e. The fraction of sp³-hybridized carbons (Fsp3) is 0.500. The third-order valence-corrected chi connectivity index (χ3v) is 5.06. The lowest BCUT2D eigenvalue weighted by Crippen LogP contribution is -2.48. The van der Waals surface area contributed by atoms with Crippen molar-refractivity contribution in [2.75, 3.05) is 6.54 Å². The average Bonchev–Trinajstić information content (AvgIpc) is 3.18. The molecule has 0 atom stereocenters. The second-order valence-electron chi connectivity index (χ2n) is 6.98. The molecule has 0 radical (unpaired) electrons. The van der Waals surface area contributed by atoms with Gasteiger partial charge in [-0.15, -0.1) is 0 Å². The first-order valence-electron chi connectivity index (χ1n) is 9.27. The van der Waals surface area contributed by atoms with Gasteiger partial charge in [0.2, 0.25) is 11.8 Å². The normalized spacial score (nSPS) is 18.7. The van der Waals surface area contributed by atoms with Gasteiger partial charge in [-0.05, 0) is 18.4 Å². The van der Waals surface area contributed by atoms with Crippen LogP contribution in [0.3, 0.4) is 0 Å². The molecule has 136 valence electrons. The van der Waals surface area contributed by atoms with Crippen molar-refractivity contribution >= 4 is 17.5 Å². The first-order valence-corrected chi connectivity index (χ1v) is 9.27. The van der Waals surface area contributed by atoms with E-state index in [0.29, 0.717) is 19.4 Å². The summed E-state index contributed by atoms with van der Waals surface area (Å²) in [7, 11) is 0. The summed E-state index contributed by atoms with van der Waals surface area (Å²) >= 11 is 0. The third-order valence-electron chi connectivity index (χ3n) is 5.06. The van der Waals surface area contributed by atoms with E-state index >= 15 is 0 Å². The fourth-order valence-corrected chi connectivity index (χ4v) is 3.57. The molecule has 6 nitrogen and oxygen atoms in total. The molecule has 1 aromatic carbocycles. The van der Waals surface area contributed by atoms with Crippen LogP contribution in [0.5, 0.6) is 0 Å². The van der Waals surface area contributed by atoms with Gasteiger partial charge in [0.05, 0.1) is 18.3 Å². The van der Waals surface area contributed by atoms with Gasteiger partial charge in [-0.1, -0.05) is 49.6 Å². The molecule has 1 heterocycles. The van der Waals surface area contributed by atoms with Gasteiger partial charge < -0.3 is 5.32 Å². The highest BCUT2D eigenvalue weighted by Crippen LogP contribution is 2.27. The zero-order valence-electron chi connectivity index (χ0n) is 14.9. The monoisotopic (exact) mass is 352 g/mol. The molecule has 1 aromatic rings. The third kappa shape index (κ3) is 4.29. The summed E-state index contributed by atoms with van der Waals surface area (Å²) in [4.78, 5) is 24.6. The van der Waals surface area contributed by atoms with Crippen molar-refractivity contribution in [1.82, 2.24) is 10.3 Å². The first kappa shape index (κ1) is 18.1. The minimum atomic E-state index is -0.745. The van der Waals surface area contributed by atoms with Gasteiger partial charge >= 0.3 is 0 Å². The number of hydrazone groups is 1. The van der Waals surface area contributed by atoms with Gasteiger partial charge in [0.25, 0.3) is 0 Å². The van der Waals surface area contributed by atoms with Crippen LogP contribution in [0.1, 0.15) is 56.9 Å². The van der Waals surface area contributed by atoms with Gasteiger partial charge in [-0.25, -0.2) is 5.01 Å². The molecule has 3 rings (SSSR count). The molecule has 1 N–H and O–H groups in total. The Labute approximate surface area is 153 Å². The van der Waals surface area contributed by atoms with E-state index in [1.54, 1.807) is 0 Å². The van der Waals surface area contributed by atoms with Crippen molar-refractivity contribution in [1.29, 1.82) is 5.26 Å². The summed E-state index contributed by atoms with van der Waals surface area (Å²) in [6.07, 6.45) is 5.33. The van der Waals surface area contributed by atoms with E-state index in [-0.39, 0.29) is 24.7 Å². The zero-order chi connectivity index (χ0) is 18.4. The molecular formula is C20H24N4O2. The zero-order valence-corrected chi connectivity index (χ0v) is 14.9. The van der Waals surface area contributed by atoms with Crippen molar-refractivity contribution in [2.45, 2.75) is 56.9 Å². The summed E-state index contributed by atoms with van der Waals surface area (Å²) in [5.41, 5.74) is 1.17. The molecule has 1 fully saturated rings. The summed E-state index contributed by atoms with van der Waals surface area (Å²) in [5.74, 6) is -0.381.